The lowest BCUT2D eigenvalue weighted by Crippen LogP contribution is -2.23. The van der Waals surface area contributed by atoms with Crippen molar-refractivity contribution in [2.24, 2.45) is 0 Å². The summed E-state index contributed by atoms with van der Waals surface area (Å²) in [5.41, 5.74) is 3.10. The van der Waals surface area contributed by atoms with Crippen molar-refractivity contribution in [2.45, 2.75) is 45.7 Å². The fourth-order valence-electron chi connectivity index (χ4n) is 2.39. The Hall–Kier alpha value is -0.760. The van der Waals surface area contributed by atoms with Gasteiger partial charge in [-0.1, -0.05) is 6.92 Å². The molecule has 1 atom stereocenters. The van der Waals surface area contributed by atoms with Gasteiger partial charge in [-0.15, -0.1) is 0 Å². The van der Waals surface area contributed by atoms with E-state index in [4.69, 9.17) is 0 Å². The molecule has 0 saturated heterocycles. The monoisotopic (exact) mass is 192 g/mol. The fraction of sp³-hybridized carbons (Fsp3) is 0.667. The molecular weight excluding hydrogens is 172 g/mol. The number of nitrogens with zero attached hydrogens (tertiary/aromatic N) is 1. The Kier molecular flexibility index (Phi) is 2.92. The number of aromatic nitrogens is 1. The van der Waals surface area contributed by atoms with Crippen LogP contribution in [0.15, 0.2) is 12.4 Å². The van der Waals surface area contributed by atoms with Gasteiger partial charge in [-0.25, -0.2) is 0 Å². The minimum atomic E-state index is 0.608. The summed E-state index contributed by atoms with van der Waals surface area (Å²) in [6, 6.07) is 0.608. The Morgan fingerprint density at radius 2 is 2.29 bits per heavy atom. The predicted octanol–water partition coefficient (Wildman–Crippen LogP) is 2.49. The van der Waals surface area contributed by atoms with Crippen LogP contribution in [0.2, 0.25) is 0 Å². The first kappa shape index (κ1) is 9.78. The summed E-state index contributed by atoms with van der Waals surface area (Å²) in [5, 5.41) is 3.56. The van der Waals surface area contributed by atoms with Gasteiger partial charge >= 0.3 is 0 Å². The largest absolute Gasteiger partial charge is 0.354 e. The lowest BCUT2D eigenvalue weighted by atomic mass is 9.91. The van der Waals surface area contributed by atoms with Crippen molar-refractivity contribution >= 4 is 0 Å². The van der Waals surface area contributed by atoms with Gasteiger partial charge in [0.15, 0.2) is 0 Å². The summed E-state index contributed by atoms with van der Waals surface area (Å²) < 4.78 is 2.31. The smallest absolute Gasteiger partial charge is 0.0338 e. The maximum absolute atomic E-state index is 3.56. The van der Waals surface area contributed by atoms with Gasteiger partial charge in [0.25, 0.3) is 0 Å². The number of hydrogen-bond donors (Lipinski definition) is 1. The molecular formula is C12H20N2. The summed E-state index contributed by atoms with van der Waals surface area (Å²) in [6.07, 6.45) is 8.54. The van der Waals surface area contributed by atoms with Crippen LogP contribution in [0.1, 0.15) is 43.9 Å². The second-order valence-corrected chi connectivity index (χ2v) is 4.07. The molecule has 2 nitrogen and oxygen atoms in total. The van der Waals surface area contributed by atoms with Gasteiger partial charge in [0, 0.05) is 25.0 Å². The van der Waals surface area contributed by atoms with Crippen LogP contribution in [0.5, 0.6) is 0 Å². The van der Waals surface area contributed by atoms with Gasteiger partial charge in [-0.2, -0.15) is 0 Å². The third kappa shape index (κ3) is 1.71. The molecule has 2 heteroatoms. The molecule has 1 unspecified atom stereocenters. The number of aryl methyl sites for hydroxylation is 2. The lowest BCUT2D eigenvalue weighted by Gasteiger charge is -2.22. The molecule has 1 aliphatic carbocycles. The molecule has 0 fully saturated rings. The van der Waals surface area contributed by atoms with Crippen LogP contribution in [0.25, 0.3) is 0 Å². The molecule has 1 aliphatic rings. The van der Waals surface area contributed by atoms with E-state index in [-0.39, 0.29) is 0 Å². The Morgan fingerprint density at radius 1 is 1.43 bits per heavy atom. The molecule has 0 bridgehead atoms. The first-order chi connectivity index (χ1) is 6.85. The minimum absolute atomic E-state index is 0.608. The number of rotatable bonds is 3. The van der Waals surface area contributed by atoms with E-state index in [0.29, 0.717) is 6.04 Å². The van der Waals surface area contributed by atoms with Crippen LogP contribution in [0.4, 0.5) is 0 Å². The zero-order valence-corrected chi connectivity index (χ0v) is 9.21. The average molecular weight is 192 g/mol. The van der Waals surface area contributed by atoms with E-state index in [1.807, 2.05) is 0 Å². The zero-order valence-electron chi connectivity index (χ0n) is 9.21. The SMILES string of the molecule is CCNC1CCCc2cn(CC)cc21. The van der Waals surface area contributed by atoms with Crippen molar-refractivity contribution in [3.05, 3.63) is 23.5 Å². The predicted molar refractivity (Wildman–Crippen MR) is 59.5 cm³/mol. The molecule has 0 spiro atoms. The van der Waals surface area contributed by atoms with E-state index < -0.39 is 0 Å². The normalized spacial score (nSPS) is 20.9. The average Bonchev–Trinajstić information content (AvgIpc) is 2.62. The van der Waals surface area contributed by atoms with Gasteiger partial charge < -0.3 is 9.88 Å². The van der Waals surface area contributed by atoms with E-state index in [2.05, 4.69) is 36.1 Å². The van der Waals surface area contributed by atoms with Crippen LogP contribution < -0.4 is 5.32 Å². The molecule has 1 N–H and O–H groups in total. The third-order valence-electron chi connectivity index (χ3n) is 3.13. The van der Waals surface area contributed by atoms with Crippen LogP contribution >= 0.6 is 0 Å². The maximum Gasteiger partial charge on any atom is 0.0338 e. The van der Waals surface area contributed by atoms with Crippen LogP contribution in [0.3, 0.4) is 0 Å². The van der Waals surface area contributed by atoms with Crippen molar-refractivity contribution in [3.63, 3.8) is 0 Å². The Bertz CT molecular complexity index is 301. The number of nitrogens with one attached hydrogen (secondary N) is 1. The zero-order chi connectivity index (χ0) is 9.97. The standard InChI is InChI=1S/C12H20N2/c1-3-13-12-7-5-6-10-8-14(4-2)9-11(10)12/h8-9,12-13H,3-7H2,1-2H3. The van der Waals surface area contributed by atoms with Crippen molar-refractivity contribution in [1.82, 2.24) is 9.88 Å². The third-order valence-corrected chi connectivity index (χ3v) is 3.13. The molecule has 78 valence electrons. The first-order valence-electron chi connectivity index (χ1n) is 5.77. The van der Waals surface area contributed by atoms with E-state index in [1.165, 1.54) is 19.3 Å². The molecule has 0 aliphatic heterocycles. The van der Waals surface area contributed by atoms with Crippen molar-refractivity contribution in [3.8, 4) is 0 Å². The summed E-state index contributed by atoms with van der Waals surface area (Å²) in [7, 11) is 0. The molecule has 2 rings (SSSR count). The maximum atomic E-state index is 3.56. The minimum Gasteiger partial charge on any atom is -0.354 e. The molecule has 1 aromatic heterocycles. The summed E-state index contributed by atoms with van der Waals surface area (Å²) in [4.78, 5) is 0. The highest BCUT2D eigenvalue weighted by Gasteiger charge is 2.20. The van der Waals surface area contributed by atoms with Crippen LogP contribution in [-0.2, 0) is 13.0 Å². The quantitative estimate of drug-likeness (QED) is 0.778. The lowest BCUT2D eigenvalue weighted by molar-refractivity contribution is 0.473. The van der Waals surface area contributed by atoms with E-state index >= 15 is 0 Å². The molecule has 0 saturated carbocycles. The van der Waals surface area contributed by atoms with E-state index in [9.17, 15) is 0 Å². The molecule has 0 amide bonds. The van der Waals surface area contributed by atoms with Crippen LogP contribution in [-0.4, -0.2) is 11.1 Å². The van der Waals surface area contributed by atoms with Gasteiger partial charge in [0.1, 0.15) is 0 Å². The number of fused-ring (bicyclic) bond motifs is 1. The van der Waals surface area contributed by atoms with Crippen molar-refractivity contribution in [2.75, 3.05) is 6.54 Å². The molecule has 0 radical (unpaired) electrons. The van der Waals surface area contributed by atoms with E-state index in [0.717, 1.165) is 13.1 Å². The second-order valence-electron chi connectivity index (χ2n) is 4.07. The number of hydrogen-bond acceptors (Lipinski definition) is 1. The molecule has 14 heavy (non-hydrogen) atoms. The Morgan fingerprint density at radius 3 is 3.00 bits per heavy atom. The molecule has 1 heterocycles. The first-order valence-corrected chi connectivity index (χ1v) is 5.77. The second kappa shape index (κ2) is 4.18. The summed E-state index contributed by atoms with van der Waals surface area (Å²) in [6.45, 7) is 6.55. The van der Waals surface area contributed by atoms with Gasteiger partial charge in [-0.3, -0.25) is 0 Å². The van der Waals surface area contributed by atoms with Crippen molar-refractivity contribution in [1.29, 1.82) is 0 Å². The van der Waals surface area contributed by atoms with Crippen molar-refractivity contribution < 1.29 is 0 Å². The van der Waals surface area contributed by atoms with E-state index in [1.54, 1.807) is 11.1 Å². The van der Waals surface area contributed by atoms with Gasteiger partial charge in [-0.05, 0) is 43.9 Å². The van der Waals surface area contributed by atoms with Gasteiger partial charge in [0.05, 0.1) is 0 Å². The molecule has 0 aromatic carbocycles. The highest BCUT2D eigenvalue weighted by atomic mass is 15.0. The topological polar surface area (TPSA) is 17.0 Å². The summed E-state index contributed by atoms with van der Waals surface area (Å²) >= 11 is 0. The van der Waals surface area contributed by atoms with Gasteiger partial charge in [0.2, 0.25) is 0 Å². The Labute approximate surface area is 86.3 Å². The summed E-state index contributed by atoms with van der Waals surface area (Å²) in [5.74, 6) is 0. The highest BCUT2D eigenvalue weighted by molar-refractivity contribution is 5.30. The van der Waals surface area contributed by atoms with Crippen LogP contribution in [0, 0.1) is 0 Å². The highest BCUT2D eigenvalue weighted by Crippen LogP contribution is 2.30. The molecule has 1 aromatic rings. The Balaban J connectivity index is 2.24. The fourth-order valence-corrected chi connectivity index (χ4v) is 2.39.